The predicted octanol–water partition coefficient (Wildman–Crippen LogP) is 2.86. The summed E-state index contributed by atoms with van der Waals surface area (Å²) in [4.78, 5) is 36.9. The van der Waals surface area contributed by atoms with E-state index >= 15 is 0 Å². The highest BCUT2D eigenvalue weighted by Gasteiger charge is 2.27. The maximum absolute atomic E-state index is 12.5. The van der Waals surface area contributed by atoms with E-state index < -0.39 is 24.5 Å². The molecule has 1 heterocycles. The molecule has 2 aromatic rings. The van der Waals surface area contributed by atoms with Crippen LogP contribution in [0.1, 0.15) is 35.3 Å². The quantitative estimate of drug-likeness (QED) is 0.696. The fourth-order valence-electron chi connectivity index (χ4n) is 2.43. The summed E-state index contributed by atoms with van der Waals surface area (Å²) in [7, 11) is 0. The van der Waals surface area contributed by atoms with Crippen molar-refractivity contribution in [2.75, 3.05) is 11.9 Å². The molecule has 28 heavy (non-hydrogen) atoms. The Bertz CT molecular complexity index is 914. The molecular formula is C20H21N3O4S. The number of nitrogens with one attached hydrogen (secondary N) is 2. The average Bonchev–Trinajstić information content (AvgIpc) is 3.11. The van der Waals surface area contributed by atoms with Crippen molar-refractivity contribution < 1.29 is 19.1 Å². The van der Waals surface area contributed by atoms with Gasteiger partial charge in [0.05, 0.1) is 5.56 Å². The number of rotatable bonds is 7. The van der Waals surface area contributed by atoms with Gasteiger partial charge >= 0.3 is 5.97 Å². The number of hydrogen-bond acceptors (Lipinski definition) is 6. The lowest BCUT2D eigenvalue weighted by molar-refractivity contribution is -0.150. The molecule has 2 rings (SSSR count). The van der Waals surface area contributed by atoms with Gasteiger partial charge in [-0.2, -0.15) is 5.26 Å². The van der Waals surface area contributed by atoms with E-state index in [9.17, 15) is 14.4 Å². The third-order valence-electron chi connectivity index (χ3n) is 3.98. The summed E-state index contributed by atoms with van der Waals surface area (Å²) in [6.07, 6.45) is 0. The van der Waals surface area contributed by atoms with Crippen LogP contribution >= 0.6 is 11.3 Å². The number of thiophene rings is 1. The Kier molecular flexibility index (Phi) is 7.29. The Labute approximate surface area is 167 Å². The van der Waals surface area contributed by atoms with Gasteiger partial charge in [-0.3, -0.25) is 9.59 Å². The first-order valence-corrected chi connectivity index (χ1v) is 9.52. The van der Waals surface area contributed by atoms with E-state index in [1.54, 1.807) is 37.4 Å². The van der Waals surface area contributed by atoms with Gasteiger partial charge in [-0.25, -0.2) is 4.79 Å². The second kappa shape index (κ2) is 9.67. The van der Waals surface area contributed by atoms with Crippen LogP contribution in [0.4, 0.5) is 5.00 Å². The number of esters is 1. The zero-order chi connectivity index (χ0) is 20.7. The second-order valence-electron chi connectivity index (χ2n) is 6.44. The van der Waals surface area contributed by atoms with E-state index in [0.717, 1.165) is 5.56 Å². The lowest BCUT2D eigenvalue weighted by atomic mass is 10.0. The Hall–Kier alpha value is -3.18. The maximum atomic E-state index is 12.5. The molecule has 2 N–H and O–H groups in total. The van der Waals surface area contributed by atoms with Gasteiger partial charge in [-0.1, -0.05) is 32.0 Å². The Morgan fingerprint density at radius 3 is 2.57 bits per heavy atom. The summed E-state index contributed by atoms with van der Waals surface area (Å²) in [5, 5.41) is 16.2. The Morgan fingerprint density at radius 2 is 1.93 bits per heavy atom. The summed E-state index contributed by atoms with van der Waals surface area (Å²) >= 11 is 1.20. The minimum absolute atomic E-state index is 0.231. The molecule has 0 bridgehead atoms. The molecule has 1 aromatic carbocycles. The number of hydrogen-bond donors (Lipinski definition) is 2. The summed E-state index contributed by atoms with van der Waals surface area (Å²) in [6, 6.07) is 9.71. The average molecular weight is 399 g/mol. The molecule has 0 fully saturated rings. The van der Waals surface area contributed by atoms with Crippen molar-refractivity contribution in [2.45, 2.75) is 26.8 Å². The highest BCUT2D eigenvalue weighted by atomic mass is 32.1. The Balaban J connectivity index is 1.95. The van der Waals surface area contributed by atoms with Crippen molar-refractivity contribution in [3.8, 4) is 6.07 Å². The van der Waals surface area contributed by atoms with Crippen LogP contribution in [0.25, 0.3) is 0 Å². The highest BCUT2D eigenvalue weighted by molar-refractivity contribution is 7.14. The summed E-state index contributed by atoms with van der Waals surface area (Å²) in [5.74, 6) is -1.86. The smallest absolute Gasteiger partial charge is 0.329 e. The molecule has 7 nitrogen and oxygen atoms in total. The van der Waals surface area contributed by atoms with Gasteiger partial charge in [0.15, 0.2) is 6.61 Å². The van der Waals surface area contributed by atoms with Crippen molar-refractivity contribution in [2.24, 2.45) is 5.92 Å². The predicted molar refractivity (Wildman–Crippen MR) is 106 cm³/mol. The first kappa shape index (κ1) is 21.1. The van der Waals surface area contributed by atoms with E-state index in [1.807, 2.05) is 25.1 Å². The number of ether oxygens (including phenoxy) is 1. The third-order valence-corrected chi connectivity index (χ3v) is 4.81. The first-order chi connectivity index (χ1) is 13.3. The van der Waals surface area contributed by atoms with Crippen LogP contribution in [0.5, 0.6) is 0 Å². The second-order valence-corrected chi connectivity index (χ2v) is 7.36. The SMILES string of the molecule is Cc1ccccc1C(=O)N[C@H](C(=O)OCC(=O)Nc1sccc1C#N)C(C)C. The maximum Gasteiger partial charge on any atom is 0.329 e. The molecule has 146 valence electrons. The molecule has 1 aromatic heterocycles. The Morgan fingerprint density at radius 1 is 1.21 bits per heavy atom. The number of nitriles is 1. The summed E-state index contributed by atoms with van der Waals surface area (Å²) in [5.41, 5.74) is 1.61. The third kappa shape index (κ3) is 5.41. The van der Waals surface area contributed by atoms with Gasteiger partial charge in [-0.15, -0.1) is 11.3 Å². The van der Waals surface area contributed by atoms with Gasteiger partial charge in [0.25, 0.3) is 11.8 Å². The van der Waals surface area contributed by atoms with Crippen LogP contribution in [0, 0.1) is 24.2 Å². The molecule has 0 spiro atoms. The number of anilines is 1. The molecule has 0 aliphatic rings. The molecule has 0 aliphatic carbocycles. The minimum atomic E-state index is -0.892. The number of carbonyl (C=O) groups excluding carboxylic acids is 3. The fraction of sp³-hybridized carbons (Fsp3) is 0.300. The number of amides is 2. The number of nitrogens with zero attached hydrogens (tertiary/aromatic N) is 1. The van der Waals surface area contributed by atoms with Crippen molar-refractivity contribution in [1.29, 1.82) is 5.26 Å². The van der Waals surface area contributed by atoms with Crippen LogP contribution in [0.15, 0.2) is 35.7 Å². The van der Waals surface area contributed by atoms with Gasteiger partial charge in [0.2, 0.25) is 0 Å². The summed E-state index contributed by atoms with van der Waals surface area (Å²) < 4.78 is 5.07. The van der Waals surface area contributed by atoms with E-state index in [2.05, 4.69) is 10.6 Å². The van der Waals surface area contributed by atoms with Crippen molar-refractivity contribution in [1.82, 2.24) is 5.32 Å². The highest BCUT2D eigenvalue weighted by Crippen LogP contribution is 2.21. The van der Waals surface area contributed by atoms with E-state index in [4.69, 9.17) is 10.00 Å². The lowest BCUT2D eigenvalue weighted by Crippen LogP contribution is -2.46. The molecule has 1 atom stereocenters. The van der Waals surface area contributed by atoms with Gasteiger partial charge in [0, 0.05) is 5.56 Å². The number of aryl methyl sites for hydroxylation is 1. The molecule has 0 unspecified atom stereocenters. The van der Waals surface area contributed by atoms with Crippen LogP contribution < -0.4 is 10.6 Å². The molecule has 2 amide bonds. The zero-order valence-electron chi connectivity index (χ0n) is 15.8. The fourth-order valence-corrected chi connectivity index (χ4v) is 3.18. The lowest BCUT2D eigenvalue weighted by Gasteiger charge is -2.21. The zero-order valence-corrected chi connectivity index (χ0v) is 16.6. The minimum Gasteiger partial charge on any atom is -0.454 e. The summed E-state index contributed by atoms with van der Waals surface area (Å²) in [6.45, 7) is 4.84. The molecule has 0 aliphatic heterocycles. The molecule has 8 heteroatoms. The monoisotopic (exact) mass is 399 g/mol. The first-order valence-electron chi connectivity index (χ1n) is 8.64. The van der Waals surface area contributed by atoms with E-state index in [0.29, 0.717) is 16.1 Å². The molecule has 0 radical (unpaired) electrons. The largest absolute Gasteiger partial charge is 0.454 e. The van der Waals surface area contributed by atoms with E-state index in [-0.39, 0.29) is 11.8 Å². The van der Waals surface area contributed by atoms with Crippen molar-refractivity contribution in [3.63, 3.8) is 0 Å². The van der Waals surface area contributed by atoms with Gasteiger partial charge in [0.1, 0.15) is 17.1 Å². The normalized spacial score (nSPS) is 11.4. The van der Waals surface area contributed by atoms with Crippen LogP contribution in [0.2, 0.25) is 0 Å². The van der Waals surface area contributed by atoms with Gasteiger partial charge in [-0.05, 0) is 35.9 Å². The van der Waals surface area contributed by atoms with Crippen molar-refractivity contribution >= 4 is 34.1 Å². The molecule has 0 saturated carbocycles. The van der Waals surface area contributed by atoms with Crippen molar-refractivity contribution in [3.05, 3.63) is 52.4 Å². The topological polar surface area (TPSA) is 108 Å². The standard InChI is InChI=1S/C20H21N3O4S/c1-12(2)17(23-18(25)15-7-5-4-6-13(15)3)20(26)27-11-16(24)22-19-14(10-21)8-9-28-19/h4-9,12,17H,11H2,1-3H3,(H,22,24)(H,23,25)/t17-/m0/s1. The van der Waals surface area contributed by atoms with Crippen LogP contribution in [-0.4, -0.2) is 30.4 Å². The number of benzene rings is 1. The molecular weight excluding hydrogens is 378 g/mol. The number of carbonyl (C=O) groups is 3. The van der Waals surface area contributed by atoms with Gasteiger partial charge < -0.3 is 15.4 Å². The molecule has 0 saturated heterocycles. The van der Waals surface area contributed by atoms with Crippen LogP contribution in [0.3, 0.4) is 0 Å². The van der Waals surface area contributed by atoms with E-state index in [1.165, 1.54) is 11.3 Å². The van der Waals surface area contributed by atoms with Crippen LogP contribution in [-0.2, 0) is 14.3 Å².